The van der Waals surface area contributed by atoms with Crippen LogP contribution in [0.3, 0.4) is 0 Å². The number of para-hydroxylation sites is 1. The Balaban J connectivity index is 1.84. The average molecular weight is 366 g/mol. The van der Waals surface area contributed by atoms with Crippen LogP contribution < -0.4 is 15.1 Å². The van der Waals surface area contributed by atoms with Crippen molar-refractivity contribution in [2.75, 3.05) is 25.1 Å². The number of carbonyl (C=O) groups excluding carboxylic acids is 2. The summed E-state index contributed by atoms with van der Waals surface area (Å²) in [6.45, 7) is 1.92. The van der Waals surface area contributed by atoms with Crippen LogP contribution in [0.15, 0.2) is 41.3 Å². The fourth-order valence-corrected chi connectivity index (χ4v) is 3.06. The molecule has 8 heteroatoms. The van der Waals surface area contributed by atoms with Crippen LogP contribution in [0, 0.1) is 11.3 Å². The van der Waals surface area contributed by atoms with Crippen LogP contribution >= 0.6 is 0 Å². The molecule has 1 fully saturated rings. The first-order valence-corrected chi connectivity index (χ1v) is 8.33. The normalized spacial score (nSPS) is 16.8. The van der Waals surface area contributed by atoms with Gasteiger partial charge in [-0.25, -0.2) is 0 Å². The molecule has 0 bridgehead atoms. The molecule has 138 valence electrons. The van der Waals surface area contributed by atoms with E-state index in [1.165, 1.54) is 23.1 Å². The lowest BCUT2D eigenvalue weighted by atomic mass is 10.1. The summed E-state index contributed by atoms with van der Waals surface area (Å²) in [6, 6.07) is 9.79. The van der Waals surface area contributed by atoms with Crippen LogP contribution in [-0.4, -0.2) is 47.9 Å². The first-order valence-electron chi connectivity index (χ1n) is 8.33. The van der Waals surface area contributed by atoms with Crippen molar-refractivity contribution in [3.8, 4) is 11.8 Å². The van der Waals surface area contributed by atoms with Crippen molar-refractivity contribution in [1.82, 2.24) is 9.88 Å². The number of ether oxygens (including phenoxy) is 1. The van der Waals surface area contributed by atoms with Crippen molar-refractivity contribution in [2.24, 2.45) is 0 Å². The monoisotopic (exact) mass is 366 g/mol. The summed E-state index contributed by atoms with van der Waals surface area (Å²) in [5.41, 5.74) is 0.602. The Morgan fingerprint density at radius 2 is 2.07 bits per heavy atom. The van der Waals surface area contributed by atoms with E-state index in [9.17, 15) is 19.6 Å². The second-order valence-corrected chi connectivity index (χ2v) is 6.19. The number of hydrogen-bond acceptors (Lipinski definition) is 5. The van der Waals surface area contributed by atoms with Gasteiger partial charge < -0.3 is 19.5 Å². The number of methoxy groups -OCH3 is 1. The van der Waals surface area contributed by atoms with Gasteiger partial charge in [0.05, 0.1) is 18.4 Å². The summed E-state index contributed by atoms with van der Waals surface area (Å²) in [7, 11) is 1.37. The summed E-state index contributed by atoms with van der Waals surface area (Å²) in [5, 5.41) is 9.26. The van der Waals surface area contributed by atoms with Gasteiger partial charge in [-0.05, 0) is 19.1 Å². The molecule has 0 saturated carbocycles. The van der Waals surface area contributed by atoms with Gasteiger partial charge in [0.1, 0.15) is 18.3 Å². The number of carbonyl (C=O) groups is 2. The first-order chi connectivity index (χ1) is 13.0. The zero-order chi connectivity index (χ0) is 19.6. The van der Waals surface area contributed by atoms with Gasteiger partial charge in [-0.2, -0.15) is 5.26 Å². The van der Waals surface area contributed by atoms with Gasteiger partial charge in [0.25, 0.3) is 5.91 Å². The van der Waals surface area contributed by atoms with Crippen molar-refractivity contribution >= 4 is 17.5 Å². The predicted octanol–water partition coefficient (Wildman–Crippen LogP) is 1.13. The highest BCUT2D eigenvalue weighted by Gasteiger charge is 2.34. The Hall–Kier alpha value is -3.60. The number of nitrogens with one attached hydrogen (secondary N) is 1. The van der Waals surface area contributed by atoms with E-state index in [0.717, 1.165) is 6.07 Å². The number of pyridine rings is 1. The van der Waals surface area contributed by atoms with Gasteiger partial charge >= 0.3 is 0 Å². The Bertz CT molecular complexity index is 992. The Morgan fingerprint density at radius 1 is 1.33 bits per heavy atom. The van der Waals surface area contributed by atoms with Crippen molar-refractivity contribution in [2.45, 2.75) is 13.0 Å². The zero-order valence-electron chi connectivity index (χ0n) is 14.9. The van der Waals surface area contributed by atoms with Crippen LogP contribution in [-0.2, 0) is 4.79 Å². The van der Waals surface area contributed by atoms with Crippen LogP contribution in [0.4, 0.5) is 5.69 Å². The van der Waals surface area contributed by atoms with Crippen LogP contribution in [0.2, 0.25) is 0 Å². The van der Waals surface area contributed by atoms with E-state index in [1.54, 1.807) is 24.3 Å². The minimum atomic E-state index is -0.441. The van der Waals surface area contributed by atoms with E-state index < -0.39 is 11.3 Å². The van der Waals surface area contributed by atoms with Gasteiger partial charge in [0.15, 0.2) is 5.75 Å². The SMILES string of the molecule is COc1c[nH]c(C(=O)N2CC(=O)N(c3ccccc3C#N)C[C@@H]2C)cc1=O. The molecule has 0 spiro atoms. The molecule has 1 aromatic heterocycles. The van der Waals surface area contributed by atoms with Crippen LogP contribution in [0.5, 0.6) is 5.75 Å². The number of benzene rings is 1. The molecule has 1 saturated heterocycles. The molecule has 0 unspecified atom stereocenters. The quantitative estimate of drug-likeness (QED) is 0.876. The number of H-pyrrole nitrogens is 1. The van der Waals surface area contributed by atoms with E-state index in [-0.39, 0.29) is 36.5 Å². The maximum absolute atomic E-state index is 12.8. The maximum Gasteiger partial charge on any atom is 0.271 e. The molecular weight excluding hydrogens is 348 g/mol. The van der Waals surface area contributed by atoms with Crippen LogP contribution in [0.1, 0.15) is 23.0 Å². The Kier molecular flexibility index (Phi) is 4.94. The van der Waals surface area contributed by atoms with E-state index in [0.29, 0.717) is 11.3 Å². The van der Waals surface area contributed by atoms with E-state index in [1.807, 2.05) is 6.92 Å². The van der Waals surface area contributed by atoms with Gasteiger partial charge in [-0.1, -0.05) is 12.1 Å². The zero-order valence-corrected chi connectivity index (χ0v) is 14.9. The number of nitrogens with zero attached hydrogens (tertiary/aromatic N) is 3. The number of piperazine rings is 1. The second kappa shape index (κ2) is 7.33. The number of rotatable bonds is 3. The summed E-state index contributed by atoms with van der Waals surface area (Å²) >= 11 is 0. The van der Waals surface area contributed by atoms with E-state index in [2.05, 4.69) is 11.1 Å². The minimum absolute atomic E-state index is 0.0892. The van der Waals surface area contributed by atoms with Crippen molar-refractivity contribution in [3.05, 3.63) is 58.0 Å². The number of anilines is 1. The lowest BCUT2D eigenvalue weighted by Gasteiger charge is -2.39. The molecule has 0 aliphatic carbocycles. The fraction of sp³-hybridized carbons (Fsp3) is 0.263. The van der Waals surface area contributed by atoms with Crippen molar-refractivity contribution < 1.29 is 14.3 Å². The number of aromatic nitrogens is 1. The second-order valence-electron chi connectivity index (χ2n) is 6.19. The topological polar surface area (TPSA) is 106 Å². The van der Waals surface area contributed by atoms with E-state index >= 15 is 0 Å². The average Bonchev–Trinajstić information content (AvgIpc) is 2.68. The molecule has 0 radical (unpaired) electrons. The molecule has 3 rings (SSSR count). The highest BCUT2D eigenvalue weighted by atomic mass is 16.5. The molecule has 1 N–H and O–H groups in total. The number of nitriles is 1. The predicted molar refractivity (Wildman–Crippen MR) is 97.6 cm³/mol. The smallest absolute Gasteiger partial charge is 0.271 e. The molecule has 8 nitrogen and oxygen atoms in total. The summed E-state index contributed by atoms with van der Waals surface area (Å²) in [6.07, 6.45) is 1.32. The largest absolute Gasteiger partial charge is 0.491 e. The lowest BCUT2D eigenvalue weighted by Crippen LogP contribution is -2.57. The Morgan fingerprint density at radius 3 is 2.74 bits per heavy atom. The summed E-state index contributed by atoms with van der Waals surface area (Å²) < 4.78 is 4.89. The number of aromatic amines is 1. The number of amides is 2. The van der Waals surface area contributed by atoms with Gasteiger partial charge in [-0.3, -0.25) is 14.4 Å². The third-order valence-corrected chi connectivity index (χ3v) is 4.49. The molecule has 1 aliphatic heterocycles. The molecular formula is C19H18N4O4. The summed E-state index contributed by atoms with van der Waals surface area (Å²) in [4.78, 5) is 43.0. The summed E-state index contributed by atoms with van der Waals surface area (Å²) in [5.74, 6) is -0.627. The van der Waals surface area contributed by atoms with E-state index in [4.69, 9.17) is 4.74 Å². The van der Waals surface area contributed by atoms with Crippen molar-refractivity contribution in [3.63, 3.8) is 0 Å². The lowest BCUT2D eigenvalue weighted by molar-refractivity contribution is -0.121. The standard InChI is InChI=1S/C19H18N4O4/c1-12-10-23(15-6-4-3-5-13(15)8-20)18(25)11-22(12)19(26)14-7-16(24)17(27-2)9-21-14/h3-7,9,12H,10-11H2,1-2H3,(H,21,24)/t12-/m0/s1. The van der Waals surface area contributed by atoms with Crippen LogP contribution in [0.25, 0.3) is 0 Å². The van der Waals surface area contributed by atoms with Gasteiger partial charge in [0, 0.05) is 24.8 Å². The van der Waals surface area contributed by atoms with Gasteiger partial charge in [-0.15, -0.1) is 0 Å². The minimum Gasteiger partial charge on any atom is -0.491 e. The highest BCUT2D eigenvalue weighted by Crippen LogP contribution is 2.24. The Labute approximate surface area is 155 Å². The fourth-order valence-electron chi connectivity index (χ4n) is 3.06. The first kappa shape index (κ1) is 18.2. The molecule has 1 aromatic carbocycles. The molecule has 2 heterocycles. The molecule has 27 heavy (non-hydrogen) atoms. The van der Waals surface area contributed by atoms with Gasteiger partial charge in [0.2, 0.25) is 11.3 Å². The maximum atomic E-state index is 12.8. The van der Waals surface area contributed by atoms with Crippen molar-refractivity contribution in [1.29, 1.82) is 5.26 Å². The number of hydrogen-bond donors (Lipinski definition) is 1. The molecule has 1 atom stereocenters. The highest BCUT2D eigenvalue weighted by molar-refractivity contribution is 6.01. The molecule has 2 amide bonds. The third kappa shape index (κ3) is 3.40. The molecule has 2 aromatic rings. The third-order valence-electron chi connectivity index (χ3n) is 4.49. The molecule has 1 aliphatic rings.